The van der Waals surface area contributed by atoms with Gasteiger partial charge in [0.1, 0.15) is 31.2 Å². The minimum Gasteiger partial charge on any atom is -0.491 e. The molecule has 122 valence electrons. The number of carbonyl (C=O) groups excluding carboxylic acids is 1. The smallest absolute Gasteiger partial charge is 0.228 e. The van der Waals surface area contributed by atoms with Crippen LogP contribution in [0.1, 0.15) is 11.1 Å². The average molecular weight is 324 g/mol. The monoisotopic (exact) mass is 324 g/mol. The Hall–Kier alpha value is -2.37. The van der Waals surface area contributed by atoms with Crippen LogP contribution in [-0.4, -0.2) is 44.4 Å². The van der Waals surface area contributed by atoms with E-state index in [4.69, 9.17) is 18.9 Å². The molecule has 5 nitrogen and oxygen atoms in total. The highest BCUT2D eigenvalue weighted by molar-refractivity contribution is 6.25. The molecule has 2 heterocycles. The third kappa shape index (κ3) is 2.56. The lowest BCUT2D eigenvalue weighted by Crippen LogP contribution is -2.14. The molecule has 2 aliphatic carbocycles. The molecule has 2 fully saturated rings. The second-order valence-electron chi connectivity index (χ2n) is 6.28. The van der Waals surface area contributed by atoms with E-state index in [1.165, 1.54) is 0 Å². The molecule has 0 bridgehead atoms. The zero-order chi connectivity index (χ0) is 16.1. The van der Waals surface area contributed by atoms with E-state index in [0.29, 0.717) is 31.2 Å². The molecule has 24 heavy (non-hydrogen) atoms. The molecule has 4 aliphatic rings. The molecular formula is C19H16O5. The maximum absolute atomic E-state index is 12.6. The van der Waals surface area contributed by atoms with Crippen LogP contribution in [-0.2, 0) is 19.0 Å². The number of hydrogen-bond acceptors (Lipinski definition) is 5. The van der Waals surface area contributed by atoms with E-state index in [1.54, 1.807) is 6.08 Å². The summed E-state index contributed by atoms with van der Waals surface area (Å²) < 4.78 is 21.6. The van der Waals surface area contributed by atoms with Gasteiger partial charge in [-0.15, -0.1) is 0 Å². The molecule has 5 heteroatoms. The molecule has 0 N–H and O–H groups in total. The van der Waals surface area contributed by atoms with Crippen molar-refractivity contribution in [2.24, 2.45) is 0 Å². The summed E-state index contributed by atoms with van der Waals surface area (Å²) in [6.45, 7) is 2.49. The first-order chi connectivity index (χ1) is 11.8. The molecule has 2 saturated heterocycles. The molecule has 0 aromatic heterocycles. The van der Waals surface area contributed by atoms with E-state index in [0.717, 1.165) is 29.1 Å². The van der Waals surface area contributed by atoms with Crippen molar-refractivity contribution >= 4 is 17.4 Å². The van der Waals surface area contributed by atoms with Gasteiger partial charge in [-0.05, 0) is 47.1 Å². The fourth-order valence-electron chi connectivity index (χ4n) is 2.92. The van der Waals surface area contributed by atoms with Crippen LogP contribution in [0.2, 0.25) is 0 Å². The van der Waals surface area contributed by atoms with E-state index in [2.05, 4.69) is 0 Å². The molecule has 0 radical (unpaired) electrons. The average Bonchev–Trinajstić information content (AvgIpc) is 3.50. The Labute approximate surface area is 139 Å². The van der Waals surface area contributed by atoms with Crippen molar-refractivity contribution in [3.05, 3.63) is 52.8 Å². The third-order valence-electron chi connectivity index (χ3n) is 4.44. The molecule has 1 aromatic rings. The predicted octanol–water partition coefficient (Wildman–Crippen LogP) is 2.13. The summed E-state index contributed by atoms with van der Waals surface area (Å²) in [6, 6.07) is 5.90. The van der Waals surface area contributed by atoms with Crippen molar-refractivity contribution in [1.82, 2.24) is 0 Å². The Morgan fingerprint density at radius 1 is 1.00 bits per heavy atom. The Kier molecular flexibility index (Phi) is 3.11. The van der Waals surface area contributed by atoms with Crippen LogP contribution in [0, 0.1) is 0 Å². The first-order valence-electron chi connectivity index (χ1n) is 8.10. The highest BCUT2D eigenvalue weighted by atomic mass is 16.6. The van der Waals surface area contributed by atoms with Gasteiger partial charge >= 0.3 is 0 Å². The lowest BCUT2D eigenvalue weighted by molar-refractivity contribution is -0.115. The number of hydrogen-bond donors (Lipinski definition) is 0. The first kappa shape index (κ1) is 14.0. The Morgan fingerprint density at radius 3 is 2.50 bits per heavy atom. The lowest BCUT2D eigenvalue weighted by atomic mass is 9.95. The van der Waals surface area contributed by atoms with E-state index in [1.807, 2.05) is 30.4 Å². The topological polar surface area (TPSA) is 60.6 Å². The van der Waals surface area contributed by atoms with Gasteiger partial charge in [0.05, 0.1) is 13.2 Å². The van der Waals surface area contributed by atoms with E-state index < -0.39 is 0 Å². The standard InChI is InChI=1S/C19H16O5/c20-19-17-6-11-5-12(21-7-13-8-22-13)1-2-15(11)16(17)3-4-18(19)24-10-14-9-23-14/h1-6,13-14H,7-10H2. The van der Waals surface area contributed by atoms with Gasteiger partial charge in [0.15, 0.2) is 5.76 Å². The Morgan fingerprint density at radius 2 is 1.75 bits per heavy atom. The summed E-state index contributed by atoms with van der Waals surface area (Å²) in [5.41, 5.74) is 3.68. The molecule has 2 atom stereocenters. The highest BCUT2D eigenvalue weighted by Crippen LogP contribution is 2.41. The molecular weight excluding hydrogens is 308 g/mol. The van der Waals surface area contributed by atoms with E-state index in [9.17, 15) is 4.79 Å². The number of ether oxygens (including phenoxy) is 4. The van der Waals surface area contributed by atoms with Gasteiger partial charge in [-0.3, -0.25) is 4.79 Å². The summed E-state index contributed by atoms with van der Waals surface area (Å²) >= 11 is 0. The number of Topliss-reactive ketones (excluding diaryl/α,β-unsaturated/α-hetero) is 1. The second-order valence-corrected chi connectivity index (χ2v) is 6.28. The van der Waals surface area contributed by atoms with Crippen LogP contribution in [0.3, 0.4) is 0 Å². The fraction of sp³-hybridized carbons (Fsp3) is 0.316. The van der Waals surface area contributed by atoms with Crippen molar-refractivity contribution in [1.29, 1.82) is 0 Å². The van der Waals surface area contributed by atoms with Crippen molar-refractivity contribution in [3.63, 3.8) is 0 Å². The summed E-state index contributed by atoms with van der Waals surface area (Å²) in [6.07, 6.45) is 5.97. The summed E-state index contributed by atoms with van der Waals surface area (Å²) in [4.78, 5) is 12.6. The maximum Gasteiger partial charge on any atom is 0.228 e. The van der Waals surface area contributed by atoms with Crippen molar-refractivity contribution in [2.45, 2.75) is 12.2 Å². The zero-order valence-corrected chi connectivity index (χ0v) is 13.0. The van der Waals surface area contributed by atoms with Gasteiger partial charge in [0.25, 0.3) is 0 Å². The molecule has 0 spiro atoms. The molecule has 5 rings (SSSR count). The van der Waals surface area contributed by atoms with Crippen molar-refractivity contribution < 1.29 is 23.7 Å². The largest absolute Gasteiger partial charge is 0.491 e. The van der Waals surface area contributed by atoms with Gasteiger partial charge in [-0.2, -0.15) is 0 Å². The fourth-order valence-corrected chi connectivity index (χ4v) is 2.92. The number of epoxide rings is 2. The number of rotatable bonds is 6. The molecule has 0 saturated carbocycles. The van der Waals surface area contributed by atoms with Crippen molar-refractivity contribution in [2.75, 3.05) is 26.4 Å². The maximum atomic E-state index is 12.6. The summed E-state index contributed by atoms with van der Waals surface area (Å²) in [7, 11) is 0. The number of benzene rings is 1. The molecule has 2 aliphatic heterocycles. The highest BCUT2D eigenvalue weighted by Gasteiger charge is 2.31. The van der Waals surface area contributed by atoms with Crippen LogP contribution in [0.25, 0.3) is 11.6 Å². The van der Waals surface area contributed by atoms with Crippen LogP contribution in [0.5, 0.6) is 5.75 Å². The Balaban J connectivity index is 1.37. The number of carbonyl (C=O) groups is 1. The van der Waals surface area contributed by atoms with Gasteiger partial charge in [0.2, 0.25) is 5.78 Å². The molecule has 1 aromatic carbocycles. The zero-order valence-electron chi connectivity index (χ0n) is 13.0. The van der Waals surface area contributed by atoms with Gasteiger partial charge in [-0.25, -0.2) is 0 Å². The number of allylic oxidation sites excluding steroid dienone is 4. The minimum atomic E-state index is -0.0711. The SMILES string of the molecule is O=C1C(OCC2CO2)=CC=C2C1=Cc1cc(OCC3CO3)ccc12. The summed E-state index contributed by atoms with van der Waals surface area (Å²) in [5.74, 6) is 1.11. The van der Waals surface area contributed by atoms with Gasteiger partial charge in [0, 0.05) is 5.57 Å². The number of fused-ring (bicyclic) bond motifs is 3. The first-order valence-corrected chi connectivity index (χ1v) is 8.10. The quantitative estimate of drug-likeness (QED) is 0.750. The minimum absolute atomic E-state index is 0.0711. The van der Waals surface area contributed by atoms with Crippen LogP contribution < -0.4 is 4.74 Å². The molecule has 0 amide bonds. The van der Waals surface area contributed by atoms with Crippen LogP contribution in [0.15, 0.2) is 41.7 Å². The summed E-state index contributed by atoms with van der Waals surface area (Å²) in [5, 5.41) is 0. The van der Waals surface area contributed by atoms with Gasteiger partial charge < -0.3 is 18.9 Å². The van der Waals surface area contributed by atoms with E-state index in [-0.39, 0.29) is 18.0 Å². The van der Waals surface area contributed by atoms with Crippen LogP contribution >= 0.6 is 0 Å². The number of ketones is 1. The normalized spacial score (nSPS) is 26.0. The lowest BCUT2D eigenvalue weighted by Gasteiger charge is -2.14. The van der Waals surface area contributed by atoms with Crippen molar-refractivity contribution in [3.8, 4) is 5.75 Å². The second kappa shape index (κ2) is 5.33. The third-order valence-corrected chi connectivity index (χ3v) is 4.44. The molecule has 2 unspecified atom stereocenters. The van der Waals surface area contributed by atoms with Gasteiger partial charge in [-0.1, -0.05) is 6.07 Å². The van der Waals surface area contributed by atoms with Crippen LogP contribution in [0.4, 0.5) is 0 Å². The Bertz CT molecular complexity index is 809. The van der Waals surface area contributed by atoms with E-state index >= 15 is 0 Å². The predicted molar refractivity (Wildman–Crippen MR) is 86.4 cm³/mol.